The summed E-state index contributed by atoms with van der Waals surface area (Å²) in [5, 5.41) is 4.16. The monoisotopic (exact) mass is 320 g/mol. The predicted octanol–water partition coefficient (Wildman–Crippen LogP) is 3.90. The molecule has 1 N–H and O–H groups in total. The largest absolute Gasteiger partial charge is 0.493 e. The van der Waals surface area contributed by atoms with Crippen molar-refractivity contribution in [1.82, 2.24) is 5.43 Å². The maximum absolute atomic E-state index is 11.8. The topological polar surface area (TPSA) is 59.9 Å². The third kappa shape index (κ3) is 6.72. The third-order valence-corrected chi connectivity index (χ3v) is 3.66. The summed E-state index contributed by atoms with van der Waals surface area (Å²) in [5.74, 6) is 1.27. The van der Waals surface area contributed by atoms with Crippen LogP contribution in [-0.4, -0.2) is 25.8 Å². The van der Waals surface area contributed by atoms with Gasteiger partial charge in [0, 0.05) is 12.0 Å². The van der Waals surface area contributed by atoms with Gasteiger partial charge in [0.05, 0.1) is 19.9 Å². The van der Waals surface area contributed by atoms with Crippen LogP contribution in [0.2, 0.25) is 0 Å². The van der Waals surface area contributed by atoms with Gasteiger partial charge in [-0.1, -0.05) is 32.6 Å². The Morgan fingerprint density at radius 3 is 2.43 bits per heavy atom. The van der Waals surface area contributed by atoms with Crippen LogP contribution >= 0.6 is 0 Å². The van der Waals surface area contributed by atoms with E-state index < -0.39 is 0 Å². The predicted molar refractivity (Wildman–Crippen MR) is 93.3 cm³/mol. The summed E-state index contributed by atoms with van der Waals surface area (Å²) in [6, 6.07) is 5.55. The number of hydrazone groups is 1. The second-order valence-corrected chi connectivity index (χ2v) is 5.47. The molecule has 1 aromatic rings. The van der Waals surface area contributed by atoms with Gasteiger partial charge in [0.2, 0.25) is 5.91 Å². The van der Waals surface area contributed by atoms with Crippen LogP contribution in [0.25, 0.3) is 0 Å². The summed E-state index contributed by atoms with van der Waals surface area (Å²) in [6.45, 7) is 4.03. The van der Waals surface area contributed by atoms with Gasteiger partial charge in [-0.05, 0) is 31.5 Å². The number of nitrogens with zero attached hydrogens (tertiary/aromatic N) is 1. The molecule has 1 amide bonds. The second-order valence-electron chi connectivity index (χ2n) is 5.47. The molecule has 0 heterocycles. The minimum atomic E-state index is -0.0404. The molecule has 0 aromatic heterocycles. The van der Waals surface area contributed by atoms with E-state index in [1.165, 1.54) is 19.3 Å². The fraction of sp³-hybridized carbons (Fsp3) is 0.556. The van der Waals surface area contributed by atoms with Gasteiger partial charge in [-0.15, -0.1) is 0 Å². The number of nitrogens with one attached hydrogen (secondary N) is 1. The van der Waals surface area contributed by atoms with Crippen molar-refractivity contribution in [1.29, 1.82) is 0 Å². The number of carbonyl (C=O) groups excluding carboxylic acids is 1. The van der Waals surface area contributed by atoms with Gasteiger partial charge in [-0.2, -0.15) is 5.10 Å². The van der Waals surface area contributed by atoms with Crippen LogP contribution < -0.4 is 14.9 Å². The smallest absolute Gasteiger partial charge is 0.240 e. The minimum absolute atomic E-state index is 0.0404. The fourth-order valence-corrected chi connectivity index (χ4v) is 2.22. The zero-order chi connectivity index (χ0) is 17.1. The molecule has 0 fully saturated rings. The highest BCUT2D eigenvalue weighted by molar-refractivity contribution is 5.99. The summed E-state index contributed by atoms with van der Waals surface area (Å²) in [7, 11) is 3.19. The lowest BCUT2D eigenvalue weighted by atomic mass is 10.1. The van der Waals surface area contributed by atoms with E-state index in [9.17, 15) is 4.79 Å². The number of carbonyl (C=O) groups is 1. The number of ether oxygens (including phenoxy) is 2. The number of rotatable bonds is 10. The zero-order valence-electron chi connectivity index (χ0n) is 14.6. The van der Waals surface area contributed by atoms with Gasteiger partial charge < -0.3 is 9.47 Å². The van der Waals surface area contributed by atoms with Crippen LogP contribution in [0.5, 0.6) is 11.5 Å². The molecule has 5 heteroatoms. The van der Waals surface area contributed by atoms with Crippen molar-refractivity contribution >= 4 is 11.6 Å². The zero-order valence-corrected chi connectivity index (χ0v) is 14.6. The Hall–Kier alpha value is -2.04. The number of hydrogen-bond donors (Lipinski definition) is 1. The van der Waals surface area contributed by atoms with Crippen LogP contribution in [0.1, 0.15) is 57.9 Å². The summed E-state index contributed by atoms with van der Waals surface area (Å²) in [4.78, 5) is 11.8. The molecule has 0 spiro atoms. The maximum atomic E-state index is 11.8. The Bertz CT molecular complexity index is 527. The summed E-state index contributed by atoms with van der Waals surface area (Å²) in [5.41, 5.74) is 4.22. The molecule has 1 rings (SSSR count). The molecular formula is C18H28N2O3. The Kier molecular flexibility index (Phi) is 8.80. The van der Waals surface area contributed by atoms with E-state index in [-0.39, 0.29) is 5.91 Å². The lowest BCUT2D eigenvalue weighted by Crippen LogP contribution is -2.18. The molecule has 0 saturated carbocycles. The van der Waals surface area contributed by atoms with Crippen molar-refractivity contribution in [2.75, 3.05) is 14.2 Å². The van der Waals surface area contributed by atoms with Crippen LogP contribution in [0, 0.1) is 0 Å². The number of amides is 1. The van der Waals surface area contributed by atoms with Crippen molar-refractivity contribution in [2.24, 2.45) is 5.10 Å². The average Bonchev–Trinajstić information content (AvgIpc) is 2.58. The Morgan fingerprint density at radius 2 is 1.78 bits per heavy atom. The molecule has 0 atom stereocenters. The van der Waals surface area contributed by atoms with Crippen molar-refractivity contribution in [3.63, 3.8) is 0 Å². The van der Waals surface area contributed by atoms with Crippen LogP contribution in [0.4, 0.5) is 0 Å². The molecule has 0 saturated heterocycles. The van der Waals surface area contributed by atoms with Crippen molar-refractivity contribution < 1.29 is 14.3 Å². The molecule has 0 aliphatic heterocycles. The SMILES string of the molecule is CCCCCCCC(=O)N/N=C(/C)c1ccc(OC)c(OC)c1. The first-order valence-electron chi connectivity index (χ1n) is 8.17. The van der Waals surface area contributed by atoms with E-state index in [0.29, 0.717) is 17.9 Å². The molecule has 0 aliphatic rings. The lowest BCUT2D eigenvalue weighted by Gasteiger charge is -2.09. The van der Waals surface area contributed by atoms with Crippen LogP contribution in [-0.2, 0) is 4.79 Å². The normalized spacial score (nSPS) is 11.2. The minimum Gasteiger partial charge on any atom is -0.493 e. The van der Waals surface area contributed by atoms with Crippen LogP contribution in [0.3, 0.4) is 0 Å². The molecule has 23 heavy (non-hydrogen) atoms. The van der Waals surface area contributed by atoms with Gasteiger partial charge in [0.15, 0.2) is 11.5 Å². The summed E-state index contributed by atoms with van der Waals surface area (Å²) in [6.07, 6.45) is 6.17. The van der Waals surface area contributed by atoms with Crippen LogP contribution in [0.15, 0.2) is 23.3 Å². The fourth-order valence-electron chi connectivity index (χ4n) is 2.22. The van der Waals surface area contributed by atoms with E-state index >= 15 is 0 Å². The number of hydrogen-bond acceptors (Lipinski definition) is 4. The van der Waals surface area contributed by atoms with E-state index in [2.05, 4.69) is 17.5 Å². The molecule has 5 nitrogen and oxygen atoms in total. The molecule has 0 aliphatic carbocycles. The average molecular weight is 320 g/mol. The first-order valence-corrected chi connectivity index (χ1v) is 8.17. The van der Waals surface area contributed by atoms with E-state index in [1.807, 2.05) is 25.1 Å². The van der Waals surface area contributed by atoms with E-state index in [0.717, 1.165) is 24.1 Å². The van der Waals surface area contributed by atoms with Gasteiger partial charge in [0.25, 0.3) is 0 Å². The molecule has 0 bridgehead atoms. The summed E-state index contributed by atoms with van der Waals surface area (Å²) >= 11 is 0. The highest BCUT2D eigenvalue weighted by atomic mass is 16.5. The molecule has 0 unspecified atom stereocenters. The Labute approximate surface area is 139 Å². The van der Waals surface area contributed by atoms with Gasteiger partial charge in [0.1, 0.15) is 0 Å². The van der Waals surface area contributed by atoms with Gasteiger partial charge in [-0.3, -0.25) is 4.79 Å². The first kappa shape index (κ1) is 19.0. The highest BCUT2D eigenvalue weighted by Gasteiger charge is 2.07. The standard InChI is InChI=1S/C18H28N2O3/c1-5-6-7-8-9-10-18(21)20-19-14(2)15-11-12-16(22-3)17(13-15)23-4/h11-13H,5-10H2,1-4H3,(H,20,21)/b19-14-. The third-order valence-electron chi connectivity index (χ3n) is 3.66. The lowest BCUT2D eigenvalue weighted by molar-refractivity contribution is -0.121. The highest BCUT2D eigenvalue weighted by Crippen LogP contribution is 2.27. The van der Waals surface area contributed by atoms with Crippen molar-refractivity contribution in [3.8, 4) is 11.5 Å². The van der Waals surface area contributed by atoms with E-state index in [4.69, 9.17) is 9.47 Å². The first-order chi connectivity index (χ1) is 11.1. The molecule has 1 aromatic carbocycles. The molecule has 0 radical (unpaired) electrons. The Morgan fingerprint density at radius 1 is 1.09 bits per heavy atom. The number of unbranched alkanes of at least 4 members (excludes halogenated alkanes) is 4. The molecule has 128 valence electrons. The quantitative estimate of drug-likeness (QED) is 0.404. The molecular weight excluding hydrogens is 292 g/mol. The van der Waals surface area contributed by atoms with Gasteiger partial charge in [-0.25, -0.2) is 5.43 Å². The maximum Gasteiger partial charge on any atom is 0.240 e. The second kappa shape index (κ2) is 10.6. The van der Waals surface area contributed by atoms with Crippen molar-refractivity contribution in [2.45, 2.75) is 52.4 Å². The number of methoxy groups -OCH3 is 2. The number of benzene rings is 1. The Balaban J connectivity index is 2.51. The van der Waals surface area contributed by atoms with E-state index in [1.54, 1.807) is 14.2 Å². The van der Waals surface area contributed by atoms with Gasteiger partial charge >= 0.3 is 0 Å². The van der Waals surface area contributed by atoms with Crippen molar-refractivity contribution in [3.05, 3.63) is 23.8 Å². The summed E-state index contributed by atoms with van der Waals surface area (Å²) < 4.78 is 10.5.